The summed E-state index contributed by atoms with van der Waals surface area (Å²) in [4.78, 5) is 30.7. The van der Waals surface area contributed by atoms with Crippen molar-refractivity contribution < 1.29 is 4.52 Å². The summed E-state index contributed by atoms with van der Waals surface area (Å²) in [6, 6.07) is 0.257. The second kappa shape index (κ2) is 9.72. The molecule has 186 valence electrons. The van der Waals surface area contributed by atoms with Gasteiger partial charge in [-0.25, -0.2) is 14.8 Å². The molecule has 3 aromatic heterocycles. The molecule has 10 heteroatoms. The number of fused-ring (bicyclic) bond motifs is 1. The Morgan fingerprint density at radius 1 is 1.23 bits per heavy atom. The van der Waals surface area contributed by atoms with Crippen LogP contribution in [0.2, 0.25) is 0 Å². The summed E-state index contributed by atoms with van der Waals surface area (Å²) in [5.74, 6) is 5.88. The van der Waals surface area contributed by atoms with Crippen molar-refractivity contribution in [1.29, 1.82) is 0 Å². The van der Waals surface area contributed by atoms with E-state index in [1.165, 1.54) is 19.3 Å². The number of nitrogens with one attached hydrogen (secondary N) is 2. The quantitative estimate of drug-likeness (QED) is 0.471. The summed E-state index contributed by atoms with van der Waals surface area (Å²) in [7, 11) is 2.04. The highest BCUT2D eigenvalue weighted by Crippen LogP contribution is 2.36. The van der Waals surface area contributed by atoms with E-state index in [-0.39, 0.29) is 17.7 Å². The second-order valence-electron chi connectivity index (χ2n) is 10.1. The smallest absolute Gasteiger partial charge is 0.365 e. The van der Waals surface area contributed by atoms with E-state index in [9.17, 15) is 4.79 Å². The van der Waals surface area contributed by atoms with E-state index in [2.05, 4.69) is 44.7 Å². The van der Waals surface area contributed by atoms with Crippen LogP contribution in [-0.2, 0) is 6.54 Å². The van der Waals surface area contributed by atoms with Crippen LogP contribution in [0.15, 0.2) is 9.32 Å². The van der Waals surface area contributed by atoms with Crippen LogP contribution in [0.3, 0.4) is 0 Å². The fraction of sp³-hybridized carbons (Fsp3) is 0.640. The molecular weight excluding hydrogens is 444 g/mol. The minimum atomic E-state index is -0.638. The SMILES string of the molecule is C#C[C@H]1CC[C@H](Cn2c(N(C)CC)nc3nc(-c4noc(=O)[nH]4)nc(N[C@H](C)C4CCC4)c32)CC1. The van der Waals surface area contributed by atoms with E-state index < -0.39 is 5.76 Å². The highest BCUT2D eigenvalue weighted by molar-refractivity contribution is 5.87. The molecule has 2 aliphatic carbocycles. The third kappa shape index (κ3) is 4.64. The van der Waals surface area contributed by atoms with Crippen molar-refractivity contribution >= 4 is 22.9 Å². The van der Waals surface area contributed by atoms with Gasteiger partial charge in [-0.2, -0.15) is 4.98 Å². The Balaban J connectivity index is 1.60. The monoisotopic (exact) mass is 478 g/mol. The van der Waals surface area contributed by atoms with Crippen molar-refractivity contribution in [2.75, 3.05) is 23.8 Å². The molecule has 5 rings (SSSR count). The zero-order valence-electron chi connectivity index (χ0n) is 20.8. The predicted octanol–water partition coefficient (Wildman–Crippen LogP) is 3.67. The van der Waals surface area contributed by atoms with Gasteiger partial charge in [0.15, 0.2) is 11.5 Å². The van der Waals surface area contributed by atoms with Crippen LogP contribution in [-0.4, -0.2) is 49.3 Å². The number of hydrogen-bond donors (Lipinski definition) is 2. The van der Waals surface area contributed by atoms with Gasteiger partial charge >= 0.3 is 5.76 Å². The summed E-state index contributed by atoms with van der Waals surface area (Å²) >= 11 is 0. The number of aromatic nitrogens is 6. The average molecular weight is 479 g/mol. The molecule has 35 heavy (non-hydrogen) atoms. The normalized spacial score (nSPS) is 21.4. The van der Waals surface area contributed by atoms with Crippen LogP contribution >= 0.6 is 0 Å². The van der Waals surface area contributed by atoms with E-state index in [4.69, 9.17) is 25.9 Å². The van der Waals surface area contributed by atoms with E-state index in [1.54, 1.807) is 0 Å². The van der Waals surface area contributed by atoms with Crippen LogP contribution in [0.4, 0.5) is 11.8 Å². The molecule has 0 unspecified atom stereocenters. The molecule has 0 saturated heterocycles. The summed E-state index contributed by atoms with van der Waals surface area (Å²) in [5.41, 5.74) is 1.47. The van der Waals surface area contributed by atoms with E-state index in [1.807, 2.05) is 7.05 Å². The number of aromatic amines is 1. The Morgan fingerprint density at radius 3 is 2.60 bits per heavy atom. The largest absolute Gasteiger partial charge is 0.439 e. The van der Waals surface area contributed by atoms with Gasteiger partial charge in [0, 0.05) is 32.1 Å². The molecule has 3 heterocycles. The molecule has 0 bridgehead atoms. The molecule has 1 atom stereocenters. The first-order valence-corrected chi connectivity index (χ1v) is 12.7. The lowest BCUT2D eigenvalue weighted by atomic mass is 9.80. The van der Waals surface area contributed by atoms with Crippen molar-refractivity contribution in [3.05, 3.63) is 10.6 Å². The fourth-order valence-corrected chi connectivity index (χ4v) is 5.21. The van der Waals surface area contributed by atoms with Crippen LogP contribution in [0.5, 0.6) is 0 Å². The van der Waals surface area contributed by atoms with Gasteiger partial charge in [-0.3, -0.25) is 9.51 Å². The van der Waals surface area contributed by atoms with Crippen molar-refractivity contribution in [2.24, 2.45) is 17.8 Å². The van der Waals surface area contributed by atoms with Crippen LogP contribution in [0.25, 0.3) is 22.8 Å². The van der Waals surface area contributed by atoms with Gasteiger partial charge in [-0.1, -0.05) is 11.6 Å². The van der Waals surface area contributed by atoms with Gasteiger partial charge in [0.1, 0.15) is 5.52 Å². The number of hydrogen-bond acceptors (Lipinski definition) is 8. The minimum Gasteiger partial charge on any atom is -0.365 e. The van der Waals surface area contributed by atoms with Crippen molar-refractivity contribution in [3.8, 4) is 24.0 Å². The van der Waals surface area contributed by atoms with Crippen LogP contribution in [0, 0.1) is 30.1 Å². The first-order chi connectivity index (χ1) is 17.0. The van der Waals surface area contributed by atoms with Crippen molar-refractivity contribution in [1.82, 2.24) is 29.7 Å². The molecule has 0 aromatic carbocycles. The van der Waals surface area contributed by atoms with Crippen LogP contribution < -0.4 is 16.0 Å². The van der Waals surface area contributed by atoms with E-state index in [0.717, 1.165) is 50.2 Å². The van der Waals surface area contributed by atoms with E-state index >= 15 is 0 Å². The topological polar surface area (TPSA) is 118 Å². The lowest BCUT2D eigenvalue weighted by Gasteiger charge is -2.32. The van der Waals surface area contributed by atoms with Crippen LogP contribution in [0.1, 0.15) is 58.8 Å². The fourth-order valence-electron chi connectivity index (χ4n) is 5.21. The third-order valence-corrected chi connectivity index (χ3v) is 7.80. The van der Waals surface area contributed by atoms with Gasteiger partial charge < -0.3 is 14.8 Å². The molecule has 2 N–H and O–H groups in total. The number of anilines is 2. The van der Waals surface area contributed by atoms with Gasteiger partial charge in [-0.05, 0) is 64.2 Å². The Morgan fingerprint density at radius 2 is 2.00 bits per heavy atom. The Hall–Kier alpha value is -3.35. The van der Waals surface area contributed by atoms with Crippen molar-refractivity contribution in [3.63, 3.8) is 0 Å². The number of rotatable bonds is 8. The minimum absolute atomic E-state index is 0.198. The first-order valence-electron chi connectivity index (χ1n) is 12.7. The molecule has 3 aromatic rings. The van der Waals surface area contributed by atoms with Gasteiger partial charge in [0.05, 0.1) is 0 Å². The third-order valence-electron chi connectivity index (χ3n) is 7.80. The molecule has 0 spiro atoms. The lowest BCUT2D eigenvalue weighted by molar-refractivity contribution is 0.284. The van der Waals surface area contributed by atoms with Crippen molar-refractivity contribution in [2.45, 2.75) is 71.4 Å². The predicted molar refractivity (Wildman–Crippen MR) is 135 cm³/mol. The lowest BCUT2D eigenvalue weighted by Crippen LogP contribution is -2.31. The Bertz CT molecular complexity index is 1270. The Kier molecular flexibility index (Phi) is 6.50. The number of nitrogens with zero attached hydrogens (tertiary/aromatic N) is 6. The van der Waals surface area contributed by atoms with Gasteiger partial charge in [0.25, 0.3) is 0 Å². The zero-order chi connectivity index (χ0) is 24.5. The summed E-state index contributed by atoms with van der Waals surface area (Å²) < 4.78 is 6.98. The number of terminal acetylenes is 1. The molecule has 2 aliphatic rings. The molecular formula is C25H34N8O2. The maximum absolute atomic E-state index is 11.6. The number of imidazole rings is 1. The second-order valence-corrected chi connectivity index (χ2v) is 10.1. The van der Waals surface area contributed by atoms with Gasteiger partial charge in [0.2, 0.25) is 17.6 Å². The maximum Gasteiger partial charge on any atom is 0.439 e. The van der Waals surface area contributed by atoms with E-state index in [0.29, 0.717) is 29.2 Å². The summed E-state index contributed by atoms with van der Waals surface area (Å²) in [6.45, 7) is 5.96. The maximum atomic E-state index is 11.6. The van der Waals surface area contributed by atoms with Gasteiger partial charge in [-0.15, -0.1) is 12.3 Å². The summed E-state index contributed by atoms with van der Waals surface area (Å²) in [6.07, 6.45) is 13.7. The summed E-state index contributed by atoms with van der Waals surface area (Å²) in [5, 5.41) is 7.47. The molecule has 2 saturated carbocycles. The first kappa shape index (κ1) is 23.4. The highest BCUT2D eigenvalue weighted by atomic mass is 16.5. The molecule has 0 radical (unpaired) electrons. The molecule has 2 fully saturated rings. The Labute approximate surface area is 204 Å². The molecule has 0 amide bonds. The zero-order valence-corrected chi connectivity index (χ0v) is 20.8. The standard InChI is InChI=1S/C25H34N8O2/c1-5-16-10-12-17(13-11-16)14-33-19-20(26-15(3)18-8-7-9-18)27-22(23-30-25(34)35-31-23)28-21(19)29-24(33)32(4)6-2/h1,15-18H,6-14H2,2-4H3,(H,26,27,28)(H,30,31,34)/t15-,16-,17-/m1/s1. The number of H-pyrrole nitrogens is 1. The highest BCUT2D eigenvalue weighted by Gasteiger charge is 2.29. The molecule has 10 nitrogen and oxygen atoms in total. The average Bonchev–Trinajstić information content (AvgIpc) is 3.41. The molecule has 0 aliphatic heterocycles.